The zero-order valence-corrected chi connectivity index (χ0v) is 17.1. The normalized spacial score (nSPS) is 37.7. The lowest BCUT2D eigenvalue weighted by atomic mass is 9.54. The Hall–Kier alpha value is -1.40. The second-order valence-electron chi connectivity index (χ2n) is 9.48. The van der Waals surface area contributed by atoms with E-state index >= 15 is 0 Å². The quantitative estimate of drug-likeness (QED) is 0.842. The average Bonchev–Trinajstić information content (AvgIpc) is 2.71. The van der Waals surface area contributed by atoms with Crippen LogP contribution in [0.1, 0.15) is 44.9 Å². The first-order chi connectivity index (χ1) is 13.5. The molecule has 1 atom stereocenters. The van der Waals surface area contributed by atoms with Crippen molar-refractivity contribution >= 4 is 15.9 Å². The van der Waals surface area contributed by atoms with Crippen molar-refractivity contribution in [3.05, 3.63) is 30.3 Å². The van der Waals surface area contributed by atoms with Crippen LogP contribution >= 0.6 is 0 Å². The highest BCUT2D eigenvalue weighted by atomic mass is 32.2. The average molecular weight is 403 g/mol. The smallest absolute Gasteiger partial charge is 0.243 e. The van der Waals surface area contributed by atoms with Crippen LogP contribution in [-0.2, 0) is 14.8 Å². The summed E-state index contributed by atoms with van der Waals surface area (Å²) in [6.45, 7) is 0.801. The second kappa shape index (κ2) is 7.13. The fourth-order valence-electron chi connectivity index (χ4n) is 6.56. The van der Waals surface area contributed by atoms with E-state index in [-0.39, 0.29) is 11.8 Å². The maximum absolute atomic E-state index is 13.1. The molecule has 4 bridgehead atoms. The van der Waals surface area contributed by atoms with E-state index in [2.05, 4.69) is 5.32 Å². The van der Waals surface area contributed by atoms with Gasteiger partial charge in [-0.2, -0.15) is 4.31 Å². The lowest BCUT2D eigenvalue weighted by molar-refractivity contribution is -0.130. The van der Waals surface area contributed by atoms with Gasteiger partial charge in [0.15, 0.2) is 0 Å². The molecule has 1 heterocycles. The first-order valence-corrected chi connectivity index (χ1v) is 12.3. The Morgan fingerprint density at radius 1 is 0.964 bits per heavy atom. The van der Waals surface area contributed by atoms with E-state index in [1.807, 2.05) is 6.07 Å². The van der Waals surface area contributed by atoms with Gasteiger partial charge in [0.05, 0.1) is 10.8 Å². The van der Waals surface area contributed by atoms with Gasteiger partial charge in [0.25, 0.3) is 0 Å². The highest BCUT2D eigenvalue weighted by molar-refractivity contribution is 7.89. The van der Waals surface area contributed by atoms with Gasteiger partial charge < -0.3 is 5.32 Å². The SMILES string of the molecule is O=C(NC1C2CC3CC(C2)CC1C3)C1CCCN(S(=O)(=O)c2ccccc2)C1. The molecular weight excluding hydrogens is 372 g/mol. The fraction of sp³-hybridized carbons (Fsp3) is 0.682. The van der Waals surface area contributed by atoms with Crippen LogP contribution in [0.4, 0.5) is 0 Å². The standard InChI is InChI=1S/C22H30N2O3S/c25-22(23-21-18-10-15-9-16(12-18)13-19(21)11-15)17-5-4-8-24(14-17)28(26,27)20-6-2-1-3-7-20/h1-3,6-7,15-19,21H,4-5,8-14H2,(H,23,25). The molecule has 4 saturated carbocycles. The molecule has 1 aromatic rings. The lowest BCUT2D eigenvalue weighted by Gasteiger charge is -2.54. The van der Waals surface area contributed by atoms with Crippen molar-refractivity contribution in [2.75, 3.05) is 13.1 Å². The van der Waals surface area contributed by atoms with E-state index in [0.29, 0.717) is 35.9 Å². The summed E-state index contributed by atoms with van der Waals surface area (Å²) in [5.74, 6) is 2.91. The summed E-state index contributed by atoms with van der Waals surface area (Å²) in [5.41, 5.74) is 0. The number of nitrogens with zero attached hydrogens (tertiary/aromatic N) is 1. The molecule has 152 valence electrons. The molecule has 6 heteroatoms. The Morgan fingerprint density at radius 3 is 2.25 bits per heavy atom. The van der Waals surface area contributed by atoms with Gasteiger partial charge in [-0.1, -0.05) is 18.2 Å². The number of hydrogen-bond acceptors (Lipinski definition) is 3. The van der Waals surface area contributed by atoms with Gasteiger partial charge >= 0.3 is 0 Å². The minimum atomic E-state index is -3.52. The van der Waals surface area contributed by atoms with Crippen molar-refractivity contribution < 1.29 is 13.2 Å². The van der Waals surface area contributed by atoms with Crippen molar-refractivity contribution in [2.45, 2.75) is 55.9 Å². The van der Waals surface area contributed by atoms with Crippen LogP contribution in [-0.4, -0.2) is 37.8 Å². The molecule has 0 spiro atoms. The number of sulfonamides is 1. The molecule has 4 aliphatic carbocycles. The zero-order chi connectivity index (χ0) is 19.3. The van der Waals surface area contributed by atoms with Crippen LogP contribution in [0.25, 0.3) is 0 Å². The molecule has 1 saturated heterocycles. The maximum atomic E-state index is 13.1. The zero-order valence-electron chi connectivity index (χ0n) is 16.3. The first-order valence-electron chi connectivity index (χ1n) is 10.9. The molecule has 1 aromatic carbocycles. The number of hydrogen-bond donors (Lipinski definition) is 1. The van der Waals surface area contributed by atoms with Gasteiger partial charge in [-0.3, -0.25) is 4.79 Å². The molecule has 0 aromatic heterocycles. The summed E-state index contributed by atoms with van der Waals surface area (Å²) in [6.07, 6.45) is 8.02. The predicted octanol–water partition coefficient (Wildman–Crippen LogP) is 3.03. The molecular formula is C22H30N2O3S. The van der Waals surface area contributed by atoms with Gasteiger partial charge in [-0.05, 0) is 80.8 Å². The van der Waals surface area contributed by atoms with E-state index in [1.54, 1.807) is 24.3 Å². The number of nitrogens with one attached hydrogen (secondary N) is 1. The van der Waals surface area contributed by atoms with E-state index in [0.717, 1.165) is 24.7 Å². The van der Waals surface area contributed by atoms with Crippen molar-refractivity contribution in [2.24, 2.45) is 29.6 Å². The van der Waals surface area contributed by atoms with Gasteiger partial charge in [0, 0.05) is 19.1 Å². The summed E-state index contributed by atoms with van der Waals surface area (Å²) in [4.78, 5) is 13.4. The third-order valence-corrected chi connectivity index (χ3v) is 9.55. The topological polar surface area (TPSA) is 66.5 Å². The van der Waals surface area contributed by atoms with Crippen LogP contribution in [0, 0.1) is 29.6 Å². The Morgan fingerprint density at radius 2 is 1.61 bits per heavy atom. The number of rotatable bonds is 4. The highest BCUT2D eigenvalue weighted by Gasteiger charge is 2.49. The van der Waals surface area contributed by atoms with E-state index < -0.39 is 10.0 Å². The van der Waals surface area contributed by atoms with Gasteiger partial charge in [-0.15, -0.1) is 0 Å². The summed E-state index contributed by atoms with van der Waals surface area (Å²) in [5, 5.41) is 3.38. The largest absolute Gasteiger partial charge is 0.353 e. The summed E-state index contributed by atoms with van der Waals surface area (Å²) >= 11 is 0. The number of amides is 1. The number of piperidine rings is 1. The van der Waals surface area contributed by atoms with Gasteiger partial charge in [0.2, 0.25) is 15.9 Å². The first kappa shape index (κ1) is 18.6. The monoisotopic (exact) mass is 402 g/mol. The van der Waals surface area contributed by atoms with E-state index in [1.165, 1.54) is 36.4 Å². The van der Waals surface area contributed by atoms with E-state index in [9.17, 15) is 13.2 Å². The van der Waals surface area contributed by atoms with Crippen molar-refractivity contribution in [3.8, 4) is 0 Å². The molecule has 5 fully saturated rings. The Balaban J connectivity index is 1.26. The van der Waals surface area contributed by atoms with Crippen molar-refractivity contribution in [1.29, 1.82) is 0 Å². The minimum Gasteiger partial charge on any atom is -0.353 e. The van der Waals surface area contributed by atoms with Crippen LogP contribution in [0.3, 0.4) is 0 Å². The third kappa shape index (κ3) is 3.28. The molecule has 1 N–H and O–H groups in total. The maximum Gasteiger partial charge on any atom is 0.243 e. The predicted molar refractivity (Wildman–Crippen MR) is 107 cm³/mol. The van der Waals surface area contributed by atoms with Crippen LogP contribution in [0.5, 0.6) is 0 Å². The third-order valence-electron chi connectivity index (χ3n) is 7.67. The van der Waals surface area contributed by atoms with E-state index in [4.69, 9.17) is 0 Å². The molecule has 28 heavy (non-hydrogen) atoms. The fourth-order valence-corrected chi connectivity index (χ4v) is 8.10. The summed E-state index contributed by atoms with van der Waals surface area (Å²) in [7, 11) is -3.52. The lowest BCUT2D eigenvalue weighted by Crippen LogP contribution is -2.57. The Bertz CT molecular complexity index is 811. The number of benzene rings is 1. The molecule has 1 amide bonds. The molecule has 1 unspecified atom stereocenters. The summed E-state index contributed by atoms with van der Waals surface area (Å²) in [6, 6.07) is 8.89. The van der Waals surface area contributed by atoms with Crippen LogP contribution in [0.2, 0.25) is 0 Å². The van der Waals surface area contributed by atoms with Gasteiger partial charge in [-0.25, -0.2) is 8.42 Å². The Kier molecular flexibility index (Phi) is 4.74. The van der Waals surface area contributed by atoms with Crippen molar-refractivity contribution in [3.63, 3.8) is 0 Å². The molecule has 1 aliphatic heterocycles. The number of carbonyl (C=O) groups is 1. The molecule has 6 rings (SSSR count). The van der Waals surface area contributed by atoms with Gasteiger partial charge in [0.1, 0.15) is 0 Å². The van der Waals surface area contributed by atoms with Crippen LogP contribution in [0.15, 0.2) is 35.2 Å². The second-order valence-corrected chi connectivity index (χ2v) is 11.4. The van der Waals surface area contributed by atoms with Crippen molar-refractivity contribution in [1.82, 2.24) is 9.62 Å². The minimum absolute atomic E-state index is 0.0745. The molecule has 0 radical (unpaired) electrons. The highest BCUT2D eigenvalue weighted by Crippen LogP contribution is 2.53. The molecule has 5 nitrogen and oxygen atoms in total. The molecule has 5 aliphatic rings. The Labute approximate surface area is 167 Å². The number of carbonyl (C=O) groups excluding carboxylic acids is 1. The van der Waals surface area contributed by atoms with Crippen LogP contribution < -0.4 is 5.32 Å². The summed E-state index contributed by atoms with van der Waals surface area (Å²) < 4.78 is 27.4.